The van der Waals surface area contributed by atoms with Crippen LogP contribution >= 0.6 is 11.6 Å². The minimum atomic E-state index is -0.00333. The van der Waals surface area contributed by atoms with Gasteiger partial charge in [-0.25, -0.2) is 0 Å². The first kappa shape index (κ1) is 13.9. The first-order valence-corrected chi connectivity index (χ1v) is 7.50. The van der Waals surface area contributed by atoms with Gasteiger partial charge in [0.05, 0.1) is 17.6 Å². The lowest BCUT2D eigenvalue weighted by atomic mass is 9.95. The van der Waals surface area contributed by atoms with Crippen molar-refractivity contribution < 1.29 is 4.74 Å². The number of aryl methyl sites for hydroxylation is 2. The second-order valence-corrected chi connectivity index (χ2v) is 5.67. The van der Waals surface area contributed by atoms with Crippen LogP contribution in [-0.4, -0.2) is 12.2 Å². The van der Waals surface area contributed by atoms with Crippen LogP contribution in [-0.2, 0) is 17.6 Å². The van der Waals surface area contributed by atoms with E-state index < -0.39 is 0 Å². The number of halogens is 1. The van der Waals surface area contributed by atoms with Crippen molar-refractivity contribution in [3.8, 4) is 0 Å². The third-order valence-corrected chi connectivity index (χ3v) is 4.40. The van der Waals surface area contributed by atoms with Gasteiger partial charge in [0.2, 0.25) is 0 Å². The minimum absolute atomic E-state index is 0.00333. The highest BCUT2D eigenvalue weighted by molar-refractivity contribution is 6.21. The summed E-state index contributed by atoms with van der Waals surface area (Å²) in [6.07, 6.45) is 4.83. The Morgan fingerprint density at radius 1 is 1.28 bits per heavy atom. The van der Waals surface area contributed by atoms with Crippen molar-refractivity contribution in [2.24, 2.45) is 0 Å². The maximum absolute atomic E-state index is 6.67. The van der Waals surface area contributed by atoms with Gasteiger partial charge in [-0.15, -0.1) is 11.6 Å². The van der Waals surface area contributed by atoms with Crippen LogP contribution in [0.5, 0.6) is 0 Å². The number of benzene rings is 1. The number of ether oxygens (including phenoxy) is 1. The summed E-state index contributed by atoms with van der Waals surface area (Å²) in [6, 6.07) is 6.70. The largest absolute Gasteiger partial charge is 0.373 e. The second-order valence-electron chi connectivity index (χ2n) is 5.20. The van der Waals surface area contributed by atoms with Crippen LogP contribution in [0.15, 0.2) is 18.2 Å². The van der Waals surface area contributed by atoms with Gasteiger partial charge in [0.1, 0.15) is 0 Å². The average molecular weight is 267 g/mol. The fourth-order valence-corrected chi connectivity index (χ4v) is 3.08. The lowest BCUT2D eigenvalue weighted by molar-refractivity contribution is 0.0532. The molecule has 3 atom stereocenters. The Hall–Kier alpha value is -0.530. The van der Waals surface area contributed by atoms with Gasteiger partial charge in [-0.1, -0.05) is 32.0 Å². The lowest BCUT2D eigenvalue weighted by Gasteiger charge is -2.21. The molecule has 2 heteroatoms. The van der Waals surface area contributed by atoms with Crippen molar-refractivity contribution in [3.63, 3.8) is 0 Å². The monoisotopic (exact) mass is 266 g/mol. The van der Waals surface area contributed by atoms with Gasteiger partial charge >= 0.3 is 0 Å². The average Bonchev–Trinajstić information content (AvgIpc) is 2.83. The van der Waals surface area contributed by atoms with Gasteiger partial charge in [0.25, 0.3) is 0 Å². The molecular weight excluding hydrogens is 244 g/mol. The van der Waals surface area contributed by atoms with Gasteiger partial charge in [-0.2, -0.15) is 0 Å². The fourth-order valence-electron chi connectivity index (χ4n) is 2.69. The zero-order chi connectivity index (χ0) is 13.1. The highest BCUT2D eigenvalue weighted by Gasteiger charge is 2.30. The summed E-state index contributed by atoms with van der Waals surface area (Å²) in [5, 5.41) is -0.00333. The molecule has 100 valence electrons. The highest BCUT2D eigenvalue weighted by atomic mass is 35.5. The Bertz CT molecular complexity index is 402. The molecule has 1 nitrogen and oxygen atoms in total. The van der Waals surface area contributed by atoms with E-state index in [1.807, 2.05) is 0 Å². The Morgan fingerprint density at radius 3 is 2.61 bits per heavy atom. The quantitative estimate of drug-likeness (QED) is 0.721. The minimum Gasteiger partial charge on any atom is -0.373 e. The van der Waals surface area contributed by atoms with Crippen molar-refractivity contribution in [2.45, 2.75) is 64.0 Å². The Kier molecular flexibility index (Phi) is 4.69. The topological polar surface area (TPSA) is 9.23 Å². The van der Waals surface area contributed by atoms with Crippen LogP contribution in [0.1, 0.15) is 55.7 Å². The van der Waals surface area contributed by atoms with E-state index in [1.165, 1.54) is 16.7 Å². The predicted octanol–water partition coefficient (Wildman–Crippen LogP) is 4.66. The van der Waals surface area contributed by atoms with Gasteiger partial charge < -0.3 is 4.74 Å². The number of rotatable bonds is 4. The third kappa shape index (κ3) is 2.89. The number of hydrogen-bond acceptors (Lipinski definition) is 1. The highest BCUT2D eigenvalue weighted by Crippen LogP contribution is 2.36. The molecule has 2 rings (SSSR count). The van der Waals surface area contributed by atoms with Crippen LogP contribution in [0.4, 0.5) is 0 Å². The van der Waals surface area contributed by atoms with Crippen molar-refractivity contribution in [1.29, 1.82) is 0 Å². The molecule has 1 aliphatic rings. The van der Waals surface area contributed by atoms with E-state index in [0.717, 1.165) is 25.7 Å². The molecule has 0 aromatic heterocycles. The molecule has 0 spiro atoms. The summed E-state index contributed by atoms with van der Waals surface area (Å²) in [4.78, 5) is 0. The first-order valence-electron chi connectivity index (χ1n) is 7.06. The molecule has 1 fully saturated rings. The van der Waals surface area contributed by atoms with E-state index in [9.17, 15) is 0 Å². The van der Waals surface area contributed by atoms with E-state index in [0.29, 0.717) is 6.10 Å². The van der Waals surface area contributed by atoms with Crippen LogP contribution in [0, 0.1) is 0 Å². The second kappa shape index (κ2) is 6.08. The van der Waals surface area contributed by atoms with Gasteiger partial charge in [0, 0.05) is 0 Å². The molecule has 0 bridgehead atoms. The van der Waals surface area contributed by atoms with Crippen LogP contribution < -0.4 is 0 Å². The summed E-state index contributed by atoms with van der Waals surface area (Å²) in [6.45, 7) is 6.50. The Morgan fingerprint density at radius 2 is 2.06 bits per heavy atom. The van der Waals surface area contributed by atoms with E-state index in [-0.39, 0.29) is 11.5 Å². The van der Waals surface area contributed by atoms with Crippen molar-refractivity contribution in [3.05, 3.63) is 34.9 Å². The maximum atomic E-state index is 6.67. The molecule has 1 aliphatic heterocycles. The van der Waals surface area contributed by atoms with Crippen LogP contribution in [0.25, 0.3) is 0 Å². The van der Waals surface area contributed by atoms with Gasteiger partial charge in [0.15, 0.2) is 0 Å². The Labute approximate surface area is 115 Å². The Balaban J connectivity index is 2.24. The number of hydrogen-bond donors (Lipinski definition) is 0. The molecule has 18 heavy (non-hydrogen) atoms. The summed E-state index contributed by atoms with van der Waals surface area (Å²) >= 11 is 6.67. The van der Waals surface area contributed by atoms with E-state index >= 15 is 0 Å². The standard InChI is InChI=1S/C16H23ClO/c1-4-12-7-8-13(5-2)14(10-12)16(17)15-9-6-11(3)18-15/h7-8,10-11,15-16H,4-6,9H2,1-3H3. The zero-order valence-electron chi connectivity index (χ0n) is 11.6. The molecule has 0 aliphatic carbocycles. The lowest BCUT2D eigenvalue weighted by Crippen LogP contribution is -2.16. The summed E-state index contributed by atoms with van der Waals surface area (Å²) in [7, 11) is 0. The van der Waals surface area contributed by atoms with Crippen LogP contribution in [0.3, 0.4) is 0 Å². The summed E-state index contributed by atoms with van der Waals surface area (Å²) in [5.74, 6) is 0. The smallest absolute Gasteiger partial charge is 0.0850 e. The van der Waals surface area contributed by atoms with E-state index in [1.54, 1.807) is 0 Å². The van der Waals surface area contributed by atoms with Crippen molar-refractivity contribution >= 4 is 11.6 Å². The molecule has 0 N–H and O–H groups in total. The van der Waals surface area contributed by atoms with Crippen LogP contribution in [0.2, 0.25) is 0 Å². The summed E-state index contributed by atoms with van der Waals surface area (Å²) in [5.41, 5.74) is 3.99. The van der Waals surface area contributed by atoms with Gasteiger partial charge in [-0.3, -0.25) is 0 Å². The fraction of sp³-hybridized carbons (Fsp3) is 0.625. The molecular formula is C16H23ClO. The third-order valence-electron chi connectivity index (χ3n) is 3.89. The molecule has 1 aromatic rings. The van der Waals surface area contributed by atoms with Gasteiger partial charge in [-0.05, 0) is 49.3 Å². The summed E-state index contributed by atoms with van der Waals surface area (Å²) < 4.78 is 5.92. The number of alkyl halides is 1. The van der Waals surface area contributed by atoms with E-state index in [4.69, 9.17) is 16.3 Å². The van der Waals surface area contributed by atoms with E-state index in [2.05, 4.69) is 39.0 Å². The molecule has 1 saturated heterocycles. The van der Waals surface area contributed by atoms with Crippen molar-refractivity contribution in [1.82, 2.24) is 0 Å². The first-order chi connectivity index (χ1) is 8.65. The predicted molar refractivity (Wildman–Crippen MR) is 77.4 cm³/mol. The van der Waals surface area contributed by atoms with Crippen molar-refractivity contribution in [2.75, 3.05) is 0 Å². The molecule has 1 heterocycles. The molecule has 3 unspecified atom stereocenters. The molecule has 0 radical (unpaired) electrons. The normalized spacial score (nSPS) is 25.3. The SMILES string of the molecule is CCc1ccc(CC)c(C(Cl)C2CCC(C)O2)c1. The molecule has 0 amide bonds. The maximum Gasteiger partial charge on any atom is 0.0850 e. The molecule has 1 aromatic carbocycles. The molecule has 0 saturated carbocycles. The zero-order valence-corrected chi connectivity index (χ0v) is 12.3.